The van der Waals surface area contributed by atoms with Crippen molar-refractivity contribution in [1.29, 1.82) is 0 Å². The minimum absolute atomic E-state index is 0.0103. The van der Waals surface area contributed by atoms with Gasteiger partial charge in [0, 0.05) is 42.7 Å². The van der Waals surface area contributed by atoms with Crippen LogP contribution in [0.25, 0.3) is 22.4 Å². The number of hydrogen-bond donors (Lipinski definition) is 2. The molecule has 8 nitrogen and oxygen atoms in total. The Labute approximate surface area is 186 Å². The summed E-state index contributed by atoms with van der Waals surface area (Å²) in [5.74, 6) is 0.731. The fourth-order valence-electron chi connectivity index (χ4n) is 4.30. The van der Waals surface area contributed by atoms with Crippen LogP contribution in [0.1, 0.15) is 23.7 Å². The number of aliphatic hydroxyl groups excluding tert-OH is 1. The molecule has 1 aliphatic rings. The van der Waals surface area contributed by atoms with E-state index in [9.17, 15) is 0 Å². The van der Waals surface area contributed by atoms with Crippen LogP contribution in [0.4, 0.5) is 5.69 Å². The molecule has 0 spiro atoms. The number of anilines is 1. The first-order valence-corrected chi connectivity index (χ1v) is 10.8. The number of ether oxygens (including phenoxy) is 1. The normalized spacial score (nSPS) is 15.0. The van der Waals surface area contributed by atoms with E-state index in [4.69, 9.17) is 9.84 Å². The number of benzene rings is 2. The van der Waals surface area contributed by atoms with Crippen molar-refractivity contribution in [3.05, 3.63) is 66.1 Å². The maximum atomic E-state index is 9.05. The Kier molecular flexibility index (Phi) is 5.36. The second-order valence-electron chi connectivity index (χ2n) is 8.04. The Bertz CT molecular complexity index is 1250. The highest BCUT2D eigenvalue weighted by atomic mass is 16.5. The van der Waals surface area contributed by atoms with E-state index in [-0.39, 0.29) is 19.3 Å². The summed E-state index contributed by atoms with van der Waals surface area (Å²) >= 11 is 0. The molecule has 0 bridgehead atoms. The summed E-state index contributed by atoms with van der Waals surface area (Å²) in [6.07, 6.45) is 4.78. The second kappa shape index (κ2) is 8.47. The minimum Gasteiger partial charge on any atom is -0.491 e. The molecule has 5 rings (SSSR count). The molecular weight excluding hydrogens is 404 g/mol. The van der Waals surface area contributed by atoms with Gasteiger partial charge in [0.2, 0.25) is 0 Å². The molecule has 164 valence electrons. The Morgan fingerprint density at radius 1 is 1.19 bits per heavy atom. The zero-order valence-corrected chi connectivity index (χ0v) is 18.2. The minimum atomic E-state index is -0.0103. The predicted octanol–water partition coefficient (Wildman–Crippen LogP) is 3.58. The van der Waals surface area contributed by atoms with Crippen molar-refractivity contribution in [3.8, 4) is 28.1 Å². The van der Waals surface area contributed by atoms with Crippen LogP contribution in [0.3, 0.4) is 0 Å². The molecule has 0 aliphatic carbocycles. The smallest absolute Gasteiger partial charge is 0.121 e. The van der Waals surface area contributed by atoms with Crippen LogP contribution < -0.4 is 10.1 Å². The van der Waals surface area contributed by atoms with Crippen LogP contribution in [0.5, 0.6) is 5.75 Å². The number of nitrogens with one attached hydrogen (secondary N) is 1. The average molecular weight is 431 g/mol. The van der Waals surface area contributed by atoms with E-state index in [0.717, 1.165) is 52.5 Å². The number of aryl methyl sites for hydroxylation is 3. The van der Waals surface area contributed by atoms with E-state index < -0.39 is 0 Å². The van der Waals surface area contributed by atoms with Crippen LogP contribution in [-0.4, -0.2) is 43.1 Å². The van der Waals surface area contributed by atoms with Crippen LogP contribution in [0.15, 0.2) is 54.9 Å². The summed E-state index contributed by atoms with van der Waals surface area (Å²) in [6.45, 7) is 3.04. The quantitative estimate of drug-likeness (QED) is 0.486. The van der Waals surface area contributed by atoms with E-state index in [1.807, 2.05) is 60.0 Å². The van der Waals surface area contributed by atoms with Gasteiger partial charge in [-0.1, -0.05) is 23.4 Å². The third-order valence-electron chi connectivity index (χ3n) is 5.79. The molecule has 1 atom stereocenters. The summed E-state index contributed by atoms with van der Waals surface area (Å²) in [4.78, 5) is 0. The zero-order valence-electron chi connectivity index (χ0n) is 18.2. The fourth-order valence-corrected chi connectivity index (χ4v) is 4.30. The largest absolute Gasteiger partial charge is 0.491 e. The lowest BCUT2D eigenvalue weighted by molar-refractivity contribution is 0.201. The van der Waals surface area contributed by atoms with Gasteiger partial charge in [-0.2, -0.15) is 5.10 Å². The summed E-state index contributed by atoms with van der Waals surface area (Å²) in [5.41, 5.74) is 7.53. The molecule has 8 heteroatoms. The topological polar surface area (TPSA) is 90.0 Å². The van der Waals surface area contributed by atoms with Gasteiger partial charge in [0.1, 0.15) is 12.4 Å². The maximum Gasteiger partial charge on any atom is 0.121 e. The first-order chi connectivity index (χ1) is 15.6. The van der Waals surface area contributed by atoms with Gasteiger partial charge in [-0.3, -0.25) is 4.68 Å². The van der Waals surface area contributed by atoms with Crippen molar-refractivity contribution in [2.24, 2.45) is 7.05 Å². The molecule has 1 unspecified atom stereocenters. The third kappa shape index (κ3) is 3.85. The van der Waals surface area contributed by atoms with E-state index in [0.29, 0.717) is 0 Å². The van der Waals surface area contributed by atoms with Gasteiger partial charge in [0.25, 0.3) is 0 Å². The standard InChI is InChI=1S/C24H26N6O2/c1-16-24-21-7-6-17(18-14-25-29(2)15-18)12-22(21)23(8-9-30(24)28-27-16)26-19-4-3-5-20(13-19)32-11-10-31/h3-7,12-15,23,26,31H,8-11H2,1-2H3. The van der Waals surface area contributed by atoms with Gasteiger partial charge < -0.3 is 15.2 Å². The second-order valence-corrected chi connectivity index (χ2v) is 8.04. The van der Waals surface area contributed by atoms with Crippen molar-refractivity contribution >= 4 is 5.69 Å². The van der Waals surface area contributed by atoms with Crippen molar-refractivity contribution in [2.45, 2.75) is 25.9 Å². The molecule has 32 heavy (non-hydrogen) atoms. The Balaban J connectivity index is 1.55. The van der Waals surface area contributed by atoms with E-state index >= 15 is 0 Å². The van der Waals surface area contributed by atoms with Crippen molar-refractivity contribution in [1.82, 2.24) is 24.8 Å². The third-order valence-corrected chi connectivity index (χ3v) is 5.79. The number of fused-ring (bicyclic) bond motifs is 3. The number of aromatic nitrogens is 5. The van der Waals surface area contributed by atoms with E-state index in [1.54, 1.807) is 0 Å². The first kappa shape index (κ1) is 20.3. The van der Waals surface area contributed by atoms with Crippen molar-refractivity contribution < 1.29 is 9.84 Å². The molecule has 2 aromatic carbocycles. The first-order valence-electron chi connectivity index (χ1n) is 10.8. The summed E-state index contributed by atoms with van der Waals surface area (Å²) in [7, 11) is 1.93. The van der Waals surface area contributed by atoms with Gasteiger partial charge in [-0.05, 0) is 42.7 Å². The van der Waals surface area contributed by atoms with Gasteiger partial charge >= 0.3 is 0 Å². The fraction of sp³-hybridized carbons (Fsp3) is 0.292. The highest BCUT2D eigenvalue weighted by molar-refractivity contribution is 5.74. The number of aliphatic hydroxyl groups is 1. The van der Waals surface area contributed by atoms with Gasteiger partial charge in [0.05, 0.1) is 30.2 Å². The Morgan fingerprint density at radius 3 is 2.91 bits per heavy atom. The monoisotopic (exact) mass is 430 g/mol. The maximum absolute atomic E-state index is 9.05. The number of hydrogen-bond acceptors (Lipinski definition) is 6. The SMILES string of the molecule is Cc1nnn2c1-c1ccc(-c3cnn(C)c3)cc1C(Nc1cccc(OCCO)c1)CC2. The highest BCUT2D eigenvalue weighted by Crippen LogP contribution is 2.39. The van der Waals surface area contributed by atoms with Crippen LogP contribution in [0.2, 0.25) is 0 Å². The molecule has 2 aromatic heterocycles. The molecule has 4 aromatic rings. The predicted molar refractivity (Wildman–Crippen MR) is 122 cm³/mol. The molecule has 0 saturated heterocycles. The Morgan fingerprint density at radius 2 is 2.09 bits per heavy atom. The van der Waals surface area contributed by atoms with Crippen LogP contribution >= 0.6 is 0 Å². The van der Waals surface area contributed by atoms with Crippen LogP contribution in [0, 0.1) is 6.92 Å². The van der Waals surface area contributed by atoms with Crippen molar-refractivity contribution in [3.63, 3.8) is 0 Å². The molecular formula is C24H26N6O2. The lowest BCUT2D eigenvalue weighted by Gasteiger charge is -2.21. The van der Waals surface area contributed by atoms with Gasteiger partial charge in [-0.25, -0.2) is 4.68 Å². The zero-order chi connectivity index (χ0) is 22.1. The molecule has 3 heterocycles. The van der Waals surface area contributed by atoms with Gasteiger partial charge in [-0.15, -0.1) is 5.10 Å². The summed E-state index contributed by atoms with van der Waals surface area (Å²) in [6, 6.07) is 14.5. The lowest BCUT2D eigenvalue weighted by Crippen LogP contribution is -2.13. The van der Waals surface area contributed by atoms with E-state index in [2.05, 4.69) is 38.9 Å². The number of rotatable bonds is 6. The lowest BCUT2D eigenvalue weighted by atomic mass is 9.93. The van der Waals surface area contributed by atoms with E-state index in [1.165, 1.54) is 5.56 Å². The Hall–Kier alpha value is -3.65. The number of nitrogens with zero attached hydrogens (tertiary/aromatic N) is 5. The summed E-state index contributed by atoms with van der Waals surface area (Å²) in [5, 5.41) is 25.8. The molecule has 0 saturated carbocycles. The average Bonchev–Trinajstić information content (AvgIpc) is 3.36. The van der Waals surface area contributed by atoms with Crippen LogP contribution in [-0.2, 0) is 13.6 Å². The molecule has 2 N–H and O–H groups in total. The molecule has 1 aliphatic heterocycles. The highest BCUT2D eigenvalue weighted by Gasteiger charge is 2.26. The van der Waals surface area contributed by atoms with Gasteiger partial charge in [0.15, 0.2) is 0 Å². The molecule has 0 radical (unpaired) electrons. The molecule has 0 amide bonds. The molecule has 0 fully saturated rings. The van der Waals surface area contributed by atoms with Crippen molar-refractivity contribution in [2.75, 3.05) is 18.5 Å². The summed E-state index contributed by atoms with van der Waals surface area (Å²) < 4.78 is 9.41.